The lowest BCUT2D eigenvalue weighted by molar-refractivity contribution is 0.0697. The van der Waals surface area contributed by atoms with E-state index in [1.54, 1.807) is 18.2 Å². The lowest BCUT2D eigenvalue weighted by Crippen LogP contribution is -2.33. The van der Waals surface area contributed by atoms with Gasteiger partial charge in [-0.25, -0.2) is 4.79 Å². The van der Waals surface area contributed by atoms with Crippen molar-refractivity contribution in [1.82, 2.24) is 0 Å². The Hall–Kier alpha value is -2.55. The number of rotatable bonds is 3. The van der Waals surface area contributed by atoms with Crippen LogP contribution in [0.15, 0.2) is 43.0 Å². The maximum Gasteiger partial charge on any atom is 0.335 e. The topological polar surface area (TPSA) is 57.5 Å². The quantitative estimate of drug-likeness (QED) is 0.768. The zero-order chi connectivity index (χ0) is 19.3. The van der Waals surface area contributed by atoms with Crippen LogP contribution in [0.1, 0.15) is 73.1 Å². The van der Waals surface area contributed by atoms with E-state index in [0.717, 1.165) is 12.8 Å². The standard InChI is InChI=1S/C23H26O3/c1-14(15-7-6-8-16(11-15)21(25)26)17-12-18-19(13-20(17)24)23(4,5)10-9-22(18,2)3/h6-8,11-13,24H,1,9-10H2,2-5H3,(H,25,26). The van der Waals surface area contributed by atoms with Crippen LogP contribution in [0, 0.1) is 0 Å². The van der Waals surface area contributed by atoms with Crippen LogP contribution in [0.3, 0.4) is 0 Å². The number of fused-ring (bicyclic) bond motifs is 1. The van der Waals surface area contributed by atoms with Crippen LogP contribution in [-0.2, 0) is 10.8 Å². The Kier molecular flexibility index (Phi) is 4.22. The molecule has 0 saturated heterocycles. The monoisotopic (exact) mass is 350 g/mol. The summed E-state index contributed by atoms with van der Waals surface area (Å²) < 4.78 is 0. The third-order valence-corrected chi connectivity index (χ3v) is 5.75. The van der Waals surface area contributed by atoms with Gasteiger partial charge in [-0.05, 0) is 70.2 Å². The molecular weight excluding hydrogens is 324 g/mol. The number of carbonyl (C=O) groups is 1. The molecule has 0 aliphatic heterocycles. The van der Waals surface area contributed by atoms with Gasteiger partial charge in [-0.2, -0.15) is 0 Å². The number of hydrogen-bond donors (Lipinski definition) is 2. The average Bonchev–Trinajstić information content (AvgIpc) is 2.58. The molecule has 2 aromatic rings. The summed E-state index contributed by atoms with van der Waals surface area (Å²) in [5.74, 6) is -0.780. The number of phenolic OH excluding ortho intramolecular Hbond substituents is 1. The smallest absolute Gasteiger partial charge is 0.335 e. The van der Waals surface area contributed by atoms with Gasteiger partial charge in [0.1, 0.15) is 5.75 Å². The first-order valence-corrected chi connectivity index (χ1v) is 8.94. The Morgan fingerprint density at radius 1 is 0.962 bits per heavy atom. The highest BCUT2D eigenvalue weighted by atomic mass is 16.4. The van der Waals surface area contributed by atoms with Crippen LogP contribution in [0.25, 0.3) is 5.57 Å². The number of hydrogen-bond acceptors (Lipinski definition) is 2. The highest BCUT2D eigenvalue weighted by Crippen LogP contribution is 2.48. The van der Waals surface area contributed by atoms with Gasteiger partial charge < -0.3 is 10.2 Å². The van der Waals surface area contributed by atoms with E-state index >= 15 is 0 Å². The van der Waals surface area contributed by atoms with Crippen LogP contribution in [0.2, 0.25) is 0 Å². The molecule has 26 heavy (non-hydrogen) atoms. The van der Waals surface area contributed by atoms with Crippen LogP contribution >= 0.6 is 0 Å². The van der Waals surface area contributed by atoms with E-state index in [4.69, 9.17) is 0 Å². The fraction of sp³-hybridized carbons (Fsp3) is 0.348. The zero-order valence-electron chi connectivity index (χ0n) is 15.9. The van der Waals surface area contributed by atoms with E-state index in [0.29, 0.717) is 16.7 Å². The first kappa shape index (κ1) is 18.2. The number of benzene rings is 2. The Balaban J connectivity index is 2.14. The van der Waals surface area contributed by atoms with Crippen molar-refractivity contribution >= 4 is 11.5 Å². The SMILES string of the molecule is C=C(c1cccc(C(=O)O)c1)c1cc2c(cc1O)C(C)(C)CCC2(C)C. The van der Waals surface area contributed by atoms with Crippen molar-refractivity contribution in [2.75, 3.05) is 0 Å². The third-order valence-electron chi connectivity index (χ3n) is 5.75. The molecule has 0 saturated carbocycles. The zero-order valence-corrected chi connectivity index (χ0v) is 15.9. The van der Waals surface area contributed by atoms with Crippen LogP contribution in [-0.4, -0.2) is 16.2 Å². The molecule has 2 aromatic carbocycles. The van der Waals surface area contributed by atoms with Gasteiger partial charge in [-0.1, -0.05) is 46.4 Å². The van der Waals surface area contributed by atoms with Gasteiger partial charge in [0.25, 0.3) is 0 Å². The molecule has 0 fully saturated rings. The lowest BCUT2D eigenvalue weighted by Gasteiger charge is -2.42. The molecule has 0 heterocycles. The van der Waals surface area contributed by atoms with Crippen molar-refractivity contribution in [3.05, 3.63) is 70.8 Å². The number of aromatic hydroxyl groups is 1. The van der Waals surface area contributed by atoms with Crippen molar-refractivity contribution in [2.24, 2.45) is 0 Å². The molecule has 0 aromatic heterocycles. The van der Waals surface area contributed by atoms with Crippen molar-refractivity contribution in [3.8, 4) is 5.75 Å². The van der Waals surface area contributed by atoms with Crippen molar-refractivity contribution in [3.63, 3.8) is 0 Å². The predicted molar refractivity (Wildman–Crippen MR) is 105 cm³/mol. The Morgan fingerprint density at radius 3 is 2.08 bits per heavy atom. The largest absolute Gasteiger partial charge is 0.507 e. The van der Waals surface area contributed by atoms with E-state index in [-0.39, 0.29) is 22.1 Å². The van der Waals surface area contributed by atoms with Crippen molar-refractivity contribution in [2.45, 2.75) is 51.4 Å². The Morgan fingerprint density at radius 2 is 1.50 bits per heavy atom. The minimum Gasteiger partial charge on any atom is -0.507 e. The van der Waals surface area contributed by atoms with E-state index in [2.05, 4.69) is 34.3 Å². The first-order chi connectivity index (χ1) is 12.0. The van der Waals surface area contributed by atoms with Crippen molar-refractivity contribution in [1.29, 1.82) is 0 Å². The van der Waals surface area contributed by atoms with Crippen LogP contribution in [0.5, 0.6) is 5.75 Å². The minimum atomic E-state index is -0.975. The maximum absolute atomic E-state index is 11.2. The molecule has 3 rings (SSSR count). The number of phenols is 1. The molecule has 0 amide bonds. The molecule has 136 valence electrons. The number of carboxylic acids is 1. The fourth-order valence-corrected chi connectivity index (χ4v) is 3.84. The van der Waals surface area contributed by atoms with Gasteiger partial charge in [-0.15, -0.1) is 0 Å². The second-order valence-electron chi connectivity index (χ2n) is 8.55. The molecule has 1 aliphatic rings. The molecule has 0 spiro atoms. The molecule has 3 nitrogen and oxygen atoms in total. The maximum atomic E-state index is 11.2. The Labute approximate surface area is 155 Å². The summed E-state index contributed by atoms with van der Waals surface area (Å²) in [5, 5.41) is 19.9. The van der Waals surface area contributed by atoms with Crippen LogP contribution < -0.4 is 0 Å². The molecule has 3 heteroatoms. The van der Waals surface area contributed by atoms with Gasteiger partial charge in [0.05, 0.1) is 5.56 Å². The summed E-state index contributed by atoms with van der Waals surface area (Å²) in [6.07, 6.45) is 2.16. The lowest BCUT2D eigenvalue weighted by atomic mass is 9.62. The summed E-state index contributed by atoms with van der Waals surface area (Å²) in [7, 11) is 0. The van der Waals surface area contributed by atoms with Gasteiger partial charge in [0, 0.05) is 5.56 Å². The summed E-state index contributed by atoms with van der Waals surface area (Å²) >= 11 is 0. The summed E-state index contributed by atoms with van der Waals surface area (Å²) in [5.41, 5.74) is 4.67. The molecule has 0 bridgehead atoms. The number of carboxylic acid groups (broad SMARTS) is 1. The van der Waals surface area contributed by atoms with Crippen molar-refractivity contribution < 1.29 is 15.0 Å². The highest BCUT2D eigenvalue weighted by Gasteiger charge is 2.37. The second-order valence-corrected chi connectivity index (χ2v) is 8.55. The molecule has 2 N–H and O–H groups in total. The second kappa shape index (κ2) is 6.01. The summed E-state index contributed by atoms with van der Waals surface area (Å²) in [6.45, 7) is 13.0. The molecule has 0 radical (unpaired) electrons. The van der Waals surface area contributed by atoms with Gasteiger partial charge in [0.2, 0.25) is 0 Å². The van der Waals surface area contributed by atoms with Gasteiger partial charge in [-0.3, -0.25) is 0 Å². The first-order valence-electron chi connectivity index (χ1n) is 8.94. The molecule has 0 atom stereocenters. The Bertz CT molecular complexity index is 904. The summed E-state index contributed by atoms with van der Waals surface area (Å²) in [6, 6.07) is 10.6. The average molecular weight is 350 g/mol. The third kappa shape index (κ3) is 3.03. The van der Waals surface area contributed by atoms with E-state index in [1.807, 2.05) is 18.2 Å². The van der Waals surface area contributed by atoms with E-state index in [1.165, 1.54) is 11.1 Å². The highest BCUT2D eigenvalue weighted by molar-refractivity contribution is 5.90. The van der Waals surface area contributed by atoms with Crippen LogP contribution in [0.4, 0.5) is 0 Å². The minimum absolute atomic E-state index is 0.0193. The van der Waals surface area contributed by atoms with Gasteiger partial charge >= 0.3 is 5.97 Å². The fourth-order valence-electron chi connectivity index (χ4n) is 3.84. The summed E-state index contributed by atoms with van der Waals surface area (Å²) in [4.78, 5) is 11.2. The molecular formula is C23H26O3. The van der Waals surface area contributed by atoms with Gasteiger partial charge in [0.15, 0.2) is 0 Å². The van der Waals surface area contributed by atoms with E-state index < -0.39 is 5.97 Å². The normalized spacial score (nSPS) is 17.4. The predicted octanol–water partition coefficient (Wildman–Crippen LogP) is 5.50. The molecule has 0 unspecified atom stereocenters. The molecule has 1 aliphatic carbocycles. The van der Waals surface area contributed by atoms with E-state index in [9.17, 15) is 15.0 Å². The number of aromatic carboxylic acids is 1.